The first-order valence-electron chi connectivity index (χ1n) is 7.35. The molecule has 0 saturated carbocycles. The summed E-state index contributed by atoms with van der Waals surface area (Å²) in [6.07, 6.45) is 0. The van der Waals surface area contributed by atoms with Crippen LogP contribution in [0.2, 0.25) is 0 Å². The van der Waals surface area contributed by atoms with Crippen LogP contribution in [0.4, 0.5) is 5.69 Å². The van der Waals surface area contributed by atoms with E-state index in [1.807, 2.05) is 24.3 Å². The van der Waals surface area contributed by atoms with Crippen molar-refractivity contribution in [2.24, 2.45) is 0 Å². The molecule has 0 radical (unpaired) electrons. The van der Waals surface area contributed by atoms with E-state index < -0.39 is 5.97 Å². The van der Waals surface area contributed by atoms with E-state index >= 15 is 0 Å². The highest BCUT2D eigenvalue weighted by Crippen LogP contribution is 2.24. The topological polar surface area (TPSA) is 64.8 Å². The number of aromatic nitrogens is 1. The van der Waals surface area contributed by atoms with Gasteiger partial charge in [-0.3, -0.25) is 0 Å². The second-order valence-electron chi connectivity index (χ2n) is 4.94. The van der Waals surface area contributed by atoms with E-state index in [4.69, 9.17) is 14.0 Å². The molecule has 0 aliphatic carbocycles. The Bertz CT molecular complexity index is 630. The number of hydrogen-bond donors (Lipinski definition) is 0. The molecule has 2 heterocycles. The molecule has 3 rings (SSSR count). The van der Waals surface area contributed by atoms with Crippen molar-refractivity contribution in [2.45, 2.75) is 6.92 Å². The van der Waals surface area contributed by atoms with Gasteiger partial charge in [0.05, 0.1) is 19.8 Å². The Balaban J connectivity index is 1.73. The number of morpholine rings is 1. The second kappa shape index (κ2) is 6.62. The number of rotatable bonds is 4. The lowest BCUT2D eigenvalue weighted by molar-refractivity contribution is 0.0514. The molecule has 0 amide bonds. The van der Waals surface area contributed by atoms with E-state index in [0.717, 1.165) is 37.6 Å². The highest BCUT2D eigenvalue weighted by atomic mass is 16.5. The van der Waals surface area contributed by atoms with Gasteiger partial charge in [-0.25, -0.2) is 4.79 Å². The quantitative estimate of drug-likeness (QED) is 0.808. The first-order chi connectivity index (χ1) is 10.8. The van der Waals surface area contributed by atoms with Crippen LogP contribution in [0.1, 0.15) is 17.4 Å². The normalized spacial score (nSPS) is 14.9. The summed E-state index contributed by atoms with van der Waals surface area (Å²) < 4.78 is 15.5. The Morgan fingerprint density at radius 1 is 1.27 bits per heavy atom. The Hall–Kier alpha value is -2.34. The molecule has 0 N–H and O–H groups in total. The SMILES string of the molecule is CCOC(=O)c1cc(-c2ccc(N3CCOCC3)cc2)on1. The van der Waals surface area contributed by atoms with Crippen LogP contribution in [0.3, 0.4) is 0 Å². The minimum atomic E-state index is -0.470. The highest BCUT2D eigenvalue weighted by Gasteiger charge is 2.15. The molecule has 0 atom stereocenters. The molecule has 1 fully saturated rings. The molecule has 1 aromatic carbocycles. The van der Waals surface area contributed by atoms with Crippen molar-refractivity contribution >= 4 is 11.7 Å². The third-order valence-electron chi connectivity index (χ3n) is 3.52. The van der Waals surface area contributed by atoms with Gasteiger partial charge >= 0.3 is 5.97 Å². The average Bonchev–Trinajstić information content (AvgIpc) is 3.06. The highest BCUT2D eigenvalue weighted by molar-refractivity contribution is 5.88. The number of ether oxygens (including phenoxy) is 2. The van der Waals surface area contributed by atoms with Gasteiger partial charge in [0.25, 0.3) is 0 Å². The fourth-order valence-corrected chi connectivity index (χ4v) is 2.37. The zero-order valence-corrected chi connectivity index (χ0v) is 12.4. The average molecular weight is 302 g/mol. The molecule has 0 spiro atoms. The summed E-state index contributed by atoms with van der Waals surface area (Å²) in [5.41, 5.74) is 2.21. The molecule has 2 aromatic rings. The number of carbonyl (C=O) groups is 1. The van der Waals surface area contributed by atoms with Crippen molar-refractivity contribution in [3.05, 3.63) is 36.0 Å². The summed E-state index contributed by atoms with van der Waals surface area (Å²) in [4.78, 5) is 13.9. The summed E-state index contributed by atoms with van der Waals surface area (Å²) in [6, 6.07) is 9.59. The molecular weight excluding hydrogens is 284 g/mol. The third-order valence-corrected chi connectivity index (χ3v) is 3.52. The predicted molar refractivity (Wildman–Crippen MR) is 80.9 cm³/mol. The zero-order valence-electron chi connectivity index (χ0n) is 12.4. The van der Waals surface area contributed by atoms with Crippen molar-refractivity contribution in [3.63, 3.8) is 0 Å². The second-order valence-corrected chi connectivity index (χ2v) is 4.94. The molecule has 6 heteroatoms. The van der Waals surface area contributed by atoms with Gasteiger partial charge < -0.3 is 18.9 Å². The number of hydrogen-bond acceptors (Lipinski definition) is 6. The number of anilines is 1. The van der Waals surface area contributed by atoms with Crippen LogP contribution in [0.5, 0.6) is 0 Å². The van der Waals surface area contributed by atoms with Crippen molar-refractivity contribution in [2.75, 3.05) is 37.8 Å². The molecule has 1 aromatic heterocycles. The van der Waals surface area contributed by atoms with Crippen LogP contribution in [0.15, 0.2) is 34.9 Å². The lowest BCUT2D eigenvalue weighted by Gasteiger charge is -2.28. The van der Waals surface area contributed by atoms with Gasteiger partial charge in [0.1, 0.15) is 0 Å². The predicted octanol–water partition coefficient (Wildman–Crippen LogP) is 2.35. The lowest BCUT2D eigenvalue weighted by atomic mass is 10.1. The number of nitrogens with zero attached hydrogens (tertiary/aromatic N) is 2. The molecule has 116 valence electrons. The number of benzene rings is 1. The van der Waals surface area contributed by atoms with E-state index in [1.54, 1.807) is 13.0 Å². The minimum Gasteiger partial charge on any atom is -0.461 e. The number of carbonyl (C=O) groups excluding carboxylic acids is 1. The first kappa shape index (κ1) is 14.6. The van der Waals surface area contributed by atoms with Crippen molar-refractivity contribution in [1.29, 1.82) is 0 Å². The van der Waals surface area contributed by atoms with Gasteiger partial charge in [-0.15, -0.1) is 0 Å². The molecule has 22 heavy (non-hydrogen) atoms. The Labute approximate surface area is 128 Å². The maximum Gasteiger partial charge on any atom is 0.360 e. The maximum absolute atomic E-state index is 11.6. The third kappa shape index (κ3) is 3.12. The van der Waals surface area contributed by atoms with E-state index in [2.05, 4.69) is 10.1 Å². The lowest BCUT2D eigenvalue weighted by Crippen LogP contribution is -2.36. The summed E-state index contributed by atoms with van der Waals surface area (Å²) in [5, 5.41) is 3.75. The molecular formula is C16H18N2O4. The summed E-state index contributed by atoms with van der Waals surface area (Å²) in [7, 11) is 0. The van der Waals surface area contributed by atoms with Gasteiger partial charge in [-0.05, 0) is 31.2 Å². The maximum atomic E-state index is 11.6. The minimum absolute atomic E-state index is 0.189. The van der Waals surface area contributed by atoms with Gasteiger partial charge in [0, 0.05) is 30.4 Å². The van der Waals surface area contributed by atoms with E-state index in [1.165, 1.54) is 0 Å². The standard InChI is InChI=1S/C16H18N2O4/c1-2-21-16(19)14-11-15(22-17-14)12-3-5-13(6-4-12)18-7-9-20-10-8-18/h3-6,11H,2,7-10H2,1H3. The van der Waals surface area contributed by atoms with Gasteiger partial charge in [-0.2, -0.15) is 0 Å². The van der Waals surface area contributed by atoms with Crippen LogP contribution in [0.25, 0.3) is 11.3 Å². The van der Waals surface area contributed by atoms with E-state index in [-0.39, 0.29) is 5.69 Å². The van der Waals surface area contributed by atoms with Crippen molar-refractivity contribution < 1.29 is 18.8 Å². The molecule has 0 bridgehead atoms. The first-order valence-corrected chi connectivity index (χ1v) is 7.35. The summed E-state index contributed by atoms with van der Waals surface area (Å²) >= 11 is 0. The fourth-order valence-electron chi connectivity index (χ4n) is 2.37. The molecule has 6 nitrogen and oxygen atoms in total. The molecule has 1 aliphatic heterocycles. The van der Waals surface area contributed by atoms with E-state index in [9.17, 15) is 4.79 Å². The monoisotopic (exact) mass is 302 g/mol. The van der Waals surface area contributed by atoms with Gasteiger partial charge in [-0.1, -0.05) is 5.16 Å². The smallest absolute Gasteiger partial charge is 0.360 e. The van der Waals surface area contributed by atoms with Crippen LogP contribution in [0, 0.1) is 0 Å². The number of esters is 1. The zero-order chi connectivity index (χ0) is 15.4. The molecule has 1 aliphatic rings. The van der Waals surface area contributed by atoms with Crippen LogP contribution >= 0.6 is 0 Å². The van der Waals surface area contributed by atoms with E-state index in [0.29, 0.717) is 12.4 Å². The Morgan fingerprint density at radius 3 is 2.68 bits per heavy atom. The van der Waals surface area contributed by atoms with Crippen molar-refractivity contribution in [3.8, 4) is 11.3 Å². The summed E-state index contributed by atoms with van der Waals surface area (Å²) in [6.45, 7) is 5.38. The van der Waals surface area contributed by atoms with Crippen molar-refractivity contribution in [1.82, 2.24) is 5.16 Å². The summed E-state index contributed by atoms with van der Waals surface area (Å²) in [5.74, 6) is 0.0824. The fraction of sp³-hybridized carbons (Fsp3) is 0.375. The van der Waals surface area contributed by atoms with Crippen LogP contribution in [-0.2, 0) is 9.47 Å². The van der Waals surface area contributed by atoms with Gasteiger partial charge in [0.15, 0.2) is 11.5 Å². The van der Waals surface area contributed by atoms with Crippen LogP contribution in [-0.4, -0.2) is 44.0 Å². The molecule has 1 saturated heterocycles. The Morgan fingerprint density at radius 2 is 2.00 bits per heavy atom. The van der Waals surface area contributed by atoms with Crippen LogP contribution < -0.4 is 4.90 Å². The van der Waals surface area contributed by atoms with Gasteiger partial charge in [0.2, 0.25) is 0 Å². The largest absolute Gasteiger partial charge is 0.461 e. The Kier molecular flexibility index (Phi) is 4.39. The molecule has 0 unspecified atom stereocenters.